The van der Waals surface area contributed by atoms with Gasteiger partial charge in [0.2, 0.25) is 10.0 Å². The molecule has 0 spiro atoms. The fourth-order valence-corrected chi connectivity index (χ4v) is 4.25. The molecule has 1 saturated heterocycles. The van der Waals surface area contributed by atoms with Crippen LogP contribution in [0.5, 0.6) is 0 Å². The summed E-state index contributed by atoms with van der Waals surface area (Å²) in [5, 5.41) is 10.4. The molecule has 0 amide bonds. The summed E-state index contributed by atoms with van der Waals surface area (Å²) in [6.07, 6.45) is 0.0185. The van der Waals surface area contributed by atoms with Gasteiger partial charge in [0.15, 0.2) is 0 Å². The molecule has 1 aromatic rings. The lowest BCUT2D eigenvalue weighted by Crippen LogP contribution is -2.47. The molecule has 1 fully saturated rings. The Morgan fingerprint density at radius 3 is 2.48 bits per heavy atom. The first-order chi connectivity index (χ1) is 9.66. The maximum Gasteiger partial charge on any atom is 0.241 e. The zero-order valence-corrected chi connectivity index (χ0v) is 13.3. The molecule has 118 valence electrons. The molecule has 0 aliphatic carbocycles. The molecule has 1 heterocycles. The standard InChI is InChI=1S/C14H22N2O4S/c1-9-6-12(15)7-10(2)13(9)21(18,19)16-8-14(17)4-5-20-11(14)3/h6-7,11,16-17H,4-5,8,15H2,1-3H3. The second kappa shape index (κ2) is 5.57. The SMILES string of the molecule is Cc1cc(N)cc(C)c1S(=O)(=O)NCC1(O)CCOC1C. The summed E-state index contributed by atoms with van der Waals surface area (Å²) in [7, 11) is -3.71. The molecule has 7 heteroatoms. The van der Waals surface area contributed by atoms with Gasteiger partial charge < -0.3 is 15.6 Å². The molecule has 2 unspecified atom stereocenters. The fourth-order valence-electron chi connectivity index (χ4n) is 2.70. The number of nitrogens with two attached hydrogens (primary N) is 1. The van der Waals surface area contributed by atoms with E-state index in [-0.39, 0.29) is 11.4 Å². The Morgan fingerprint density at radius 1 is 1.43 bits per heavy atom. The second-order valence-electron chi connectivity index (χ2n) is 5.67. The molecule has 4 N–H and O–H groups in total. The quantitative estimate of drug-likeness (QED) is 0.710. The number of nitrogens with one attached hydrogen (secondary N) is 1. The summed E-state index contributed by atoms with van der Waals surface area (Å²) in [4.78, 5) is 0.215. The van der Waals surface area contributed by atoms with E-state index >= 15 is 0 Å². The van der Waals surface area contributed by atoms with E-state index in [1.165, 1.54) is 0 Å². The van der Waals surface area contributed by atoms with E-state index < -0.39 is 21.7 Å². The molecule has 21 heavy (non-hydrogen) atoms. The van der Waals surface area contributed by atoms with Crippen molar-refractivity contribution >= 4 is 15.7 Å². The molecule has 0 aromatic heterocycles. The van der Waals surface area contributed by atoms with Crippen molar-refractivity contribution in [2.75, 3.05) is 18.9 Å². The molecule has 2 atom stereocenters. The van der Waals surface area contributed by atoms with Gasteiger partial charge in [0.25, 0.3) is 0 Å². The van der Waals surface area contributed by atoms with Crippen molar-refractivity contribution in [2.24, 2.45) is 0 Å². The van der Waals surface area contributed by atoms with Crippen molar-refractivity contribution in [2.45, 2.75) is 43.8 Å². The second-order valence-corrected chi connectivity index (χ2v) is 7.38. The number of ether oxygens (including phenoxy) is 1. The Balaban J connectivity index is 2.24. The van der Waals surface area contributed by atoms with Gasteiger partial charge in [-0.2, -0.15) is 0 Å². The molecular weight excluding hydrogens is 292 g/mol. The average molecular weight is 314 g/mol. The van der Waals surface area contributed by atoms with Crippen molar-refractivity contribution in [1.82, 2.24) is 4.72 Å². The Labute approximate surface area is 125 Å². The number of benzene rings is 1. The van der Waals surface area contributed by atoms with E-state index in [9.17, 15) is 13.5 Å². The van der Waals surface area contributed by atoms with Gasteiger partial charge in [0.05, 0.1) is 11.0 Å². The first-order valence-corrected chi connectivity index (χ1v) is 8.34. The number of hydrogen-bond donors (Lipinski definition) is 3. The minimum Gasteiger partial charge on any atom is -0.399 e. The highest BCUT2D eigenvalue weighted by Crippen LogP contribution is 2.27. The topological polar surface area (TPSA) is 102 Å². The summed E-state index contributed by atoms with van der Waals surface area (Å²) in [5.41, 5.74) is 6.25. The Hall–Kier alpha value is -1.15. The number of anilines is 1. The summed E-state index contributed by atoms with van der Waals surface area (Å²) < 4.78 is 32.8. The third kappa shape index (κ3) is 3.21. The van der Waals surface area contributed by atoms with Crippen molar-refractivity contribution in [3.05, 3.63) is 23.3 Å². The van der Waals surface area contributed by atoms with E-state index in [1.807, 2.05) is 0 Å². The zero-order valence-electron chi connectivity index (χ0n) is 12.5. The normalized spacial score (nSPS) is 26.2. The van der Waals surface area contributed by atoms with Crippen LogP contribution >= 0.6 is 0 Å². The third-order valence-corrected chi connectivity index (χ3v) is 5.69. The van der Waals surface area contributed by atoms with Gasteiger partial charge in [-0.3, -0.25) is 0 Å². The Bertz CT molecular complexity index is 621. The molecule has 0 saturated carbocycles. The number of aliphatic hydroxyl groups is 1. The summed E-state index contributed by atoms with van der Waals surface area (Å²) in [6, 6.07) is 3.25. The molecule has 0 bridgehead atoms. The highest BCUT2D eigenvalue weighted by Gasteiger charge is 2.40. The molecule has 2 rings (SSSR count). The summed E-state index contributed by atoms with van der Waals surface area (Å²) in [6.45, 7) is 5.50. The highest BCUT2D eigenvalue weighted by atomic mass is 32.2. The van der Waals surface area contributed by atoms with Crippen LogP contribution in [0.1, 0.15) is 24.5 Å². The van der Waals surface area contributed by atoms with E-state index in [2.05, 4.69) is 4.72 Å². The van der Waals surface area contributed by atoms with E-state index in [0.29, 0.717) is 29.8 Å². The number of sulfonamides is 1. The molecule has 1 aromatic carbocycles. The number of rotatable bonds is 4. The first kappa shape index (κ1) is 16.2. The molecule has 6 nitrogen and oxygen atoms in total. The van der Waals surface area contributed by atoms with Crippen LogP contribution in [0.4, 0.5) is 5.69 Å². The van der Waals surface area contributed by atoms with Crippen LogP contribution in [0.15, 0.2) is 17.0 Å². The molecular formula is C14H22N2O4S. The summed E-state index contributed by atoms with van der Waals surface area (Å²) >= 11 is 0. The van der Waals surface area contributed by atoms with Crippen molar-refractivity contribution < 1.29 is 18.3 Å². The predicted octanol–water partition coefficient (Wildman–Crippen LogP) is 0.704. The maximum atomic E-state index is 12.5. The lowest BCUT2D eigenvalue weighted by molar-refractivity contribution is -0.0228. The smallest absolute Gasteiger partial charge is 0.241 e. The van der Waals surface area contributed by atoms with Crippen LogP contribution in [-0.4, -0.2) is 38.4 Å². The van der Waals surface area contributed by atoms with Gasteiger partial charge in [0.1, 0.15) is 5.60 Å². The minimum absolute atomic E-state index is 0.0697. The zero-order chi connectivity index (χ0) is 15.8. The third-order valence-electron chi connectivity index (χ3n) is 3.98. The van der Waals surface area contributed by atoms with Crippen LogP contribution in [0.2, 0.25) is 0 Å². The lowest BCUT2D eigenvalue weighted by Gasteiger charge is -2.26. The Morgan fingerprint density at radius 2 is 2.00 bits per heavy atom. The Kier molecular flexibility index (Phi) is 4.30. The molecule has 1 aliphatic rings. The minimum atomic E-state index is -3.71. The van der Waals surface area contributed by atoms with Crippen LogP contribution in [-0.2, 0) is 14.8 Å². The van der Waals surface area contributed by atoms with Gasteiger partial charge in [-0.25, -0.2) is 13.1 Å². The highest BCUT2D eigenvalue weighted by molar-refractivity contribution is 7.89. The predicted molar refractivity (Wildman–Crippen MR) is 80.5 cm³/mol. The van der Waals surface area contributed by atoms with Crippen LogP contribution in [0, 0.1) is 13.8 Å². The molecule has 0 radical (unpaired) electrons. The van der Waals surface area contributed by atoms with Crippen LogP contribution in [0.25, 0.3) is 0 Å². The number of nitrogen functional groups attached to an aromatic ring is 1. The lowest BCUT2D eigenvalue weighted by atomic mass is 9.97. The van der Waals surface area contributed by atoms with Crippen molar-refractivity contribution in [3.8, 4) is 0 Å². The van der Waals surface area contributed by atoms with Crippen molar-refractivity contribution in [1.29, 1.82) is 0 Å². The van der Waals surface area contributed by atoms with Crippen LogP contribution < -0.4 is 10.5 Å². The van der Waals surface area contributed by atoms with Gasteiger partial charge in [-0.05, 0) is 44.0 Å². The van der Waals surface area contributed by atoms with Crippen LogP contribution in [0.3, 0.4) is 0 Å². The molecule has 1 aliphatic heterocycles. The van der Waals surface area contributed by atoms with E-state index in [0.717, 1.165) is 0 Å². The monoisotopic (exact) mass is 314 g/mol. The van der Waals surface area contributed by atoms with Gasteiger partial charge >= 0.3 is 0 Å². The maximum absolute atomic E-state index is 12.5. The van der Waals surface area contributed by atoms with E-state index in [4.69, 9.17) is 10.5 Å². The largest absolute Gasteiger partial charge is 0.399 e. The van der Waals surface area contributed by atoms with Gasteiger partial charge in [-0.15, -0.1) is 0 Å². The van der Waals surface area contributed by atoms with Crippen molar-refractivity contribution in [3.63, 3.8) is 0 Å². The number of hydrogen-bond acceptors (Lipinski definition) is 5. The van der Waals surface area contributed by atoms with Gasteiger partial charge in [0, 0.05) is 25.3 Å². The fraction of sp³-hybridized carbons (Fsp3) is 0.571. The van der Waals surface area contributed by atoms with Gasteiger partial charge in [-0.1, -0.05) is 0 Å². The number of aryl methyl sites for hydroxylation is 2. The first-order valence-electron chi connectivity index (χ1n) is 6.86. The van der Waals surface area contributed by atoms with E-state index in [1.54, 1.807) is 32.9 Å². The summed E-state index contributed by atoms with van der Waals surface area (Å²) in [5.74, 6) is 0. The average Bonchev–Trinajstić information content (AvgIpc) is 2.66.